The molecule has 3 heterocycles. The summed E-state index contributed by atoms with van der Waals surface area (Å²) < 4.78 is 0. The van der Waals surface area contributed by atoms with E-state index in [1.165, 1.54) is 11.1 Å². The number of hydrogen-bond donors (Lipinski definition) is 1. The van der Waals surface area contributed by atoms with Crippen LogP contribution in [0, 0.1) is 0 Å². The van der Waals surface area contributed by atoms with E-state index in [0.29, 0.717) is 24.4 Å². The summed E-state index contributed by atoms with van der Waals surface area (Å²) in [5.41, 5.74) is 4.23. The lowest BCUT2D eigenvalue weighted by atomic mass is 9.72. The predicted octanol–water partition coefficient (Wildman–Crippen LogP) is 2.83. The number of nitrogens with zero attached hydrogens (tertiary/aromatic N) is 2. The number of amides is 3. The molecule has 2 unspecified atom stereocenters. The molecule has 0 bridgehead atoms. The molecule has 6 heteroatoms. The van der Waals surface area contributed by atoms with Crippen molar-refractivity contribution < 1.29 is 14.4 Å². The Morgan fingerprint density at radius 2 is 1.84 bits per heavy atom. The topological polar surface area (TPSA) is 69.7 Å². The molecule has 2 saturated heterocycles. The maximum atomic E-state index is 12.9. The number of nitrogens with one attached hydrogen (secondary N) is 1. The summed E-state index contributed by atoms with van der Waals surface area (Å²) in [7, 11) is 0. The Morgan fingerprint density at radius 3 is 2.55 bits per heavy atom. The summed E-state index contributed by atoms with van der Waals surface area (Å²) in [6, 6.07) is 16.1. The van der Waals surface area contributed by atoms with E-state index in [0.717, 1.165) is 18.7 Å². The summed E-state index contributed by atoms with van der Waals surface area (Å²) in [6.07, 6.45) is 0.663. The van der Waals surface area contributed by atoms with Gasteiger partial charge in [-0.2, -0.15) is 0 Å². The molecule has 2 fully saturated rings. The van der Waals surface area contributed by atoms with Gasteiger partial charge in [0, 0.05) is 43.1 Å². The minimum atomic E-state index is -0.567. The van der Waals surface area contributed by atoms with Gasteiger partial charge in [0.05, 0.1) is 0 Å². The van der Waals surface area contributed by atoms with Crippen LogP contribution >= 0.6 is 0 Å². The zero-order chi connectivity index (χ0) is 21.8. The number of imide groups is 1. The molecule has 31 heavy (non-hydrogen) atoms. The first-order valence-corrected chi connectivity index (χ1v) is 10.9. The van der Waals surface area contributed by atoms with E-state index in [4.69, 9.17) is 0 Å². The van der Waals surface area contributed by atoms with E-state index in [1.54, 1.807) is 4.90 Å². The molecule has 0 saturated carbocycles. The average Bonchev–Trinajstić information content (AvgIpc) is 3.07. The Hall–Kier alpha value is -2.99. The molecule has 0 radical (unpaired) electrons. The molecule has 3 aliphatic rings. The van der Waals surface area contributed by atoms with Crippen LogP contribution in [-0.2, 0) is 22.7 Å². The summed E-state index contributed by atoms with van der Waals surface area (Å²) in [5.74, 6) is -0.356. The van der Waals surface area contributed by atoms with E-state index in [9.17, 15) is 14.4 Å². The Labute approximate surface area is 182 Å². The highest BCUT2D eigenvalue weighted by molar-refractivity contribution is 6.05. The molecule has 5 rings (SSSR count). The van der Waals surface area contributed by atoms with Gasteiger partial charge in [-0.15, -0.1) is 0 Å². The molecule has 0 aliphatic carbocycles. The number of rotatable bonds is 4. The molecular weight excluding hydrogens is 390 g/mol. The molecule has 2 aromatic carbocycles. The van der Waals surface area contributed by atoms with Crippen LogP contribution in [0.3, 0.4) is 0 Å². The minimum absolute atomic E-state index is 0.0238. The molecule has 2 atom stereocenters. The van der Waals surface area contributed by atoms with Gasteiger partial charge in [-0.25, -0.2) is 0 Å². The molecule has 0 aromatic heterocycles. The highest BCUT2D eigenvalue weighted by Gasteiger charge is 2.47. The molecule has 0 spiro atoms. The third kappa shape index (κ3) is 3.35. The smallest absolute Gasteiger partial charge is 0.255 e. The van der Waals surface area contributed by atoms with Crippen LogP contribution in [0.2, 0.25) is 0 Å². The van der Waals surface area contributed by atoms with Crippen molar-refractivity contribution >= 4 is 17.7 Å². The molecule has 1 N–H and O–H groups in total. The lowest BCUT2D eigenvalue weighted by molar-refractivity contribution is -0.136. The standard InChI is InChI=1S/C25H27N3O3/c1-25(2)20(15-27(25)13-16-6-4-3-5-7-16)17-8-9-19-18(12-17)14-28(24(19)31)21-10-11-22(29)26-23(21)30/h3-9,12,20-21H,10-11,13-15H2,1-2H3,(H,26,29,30). The summed E-state index contributed by atoms with van der Waals surface area (Å²) >= 11 is 0. The number of likely N-dealkylation sites (tertiary alicyclic amines) is 1. The van der Waals surface area contributed by atoms with Crippen molar-refractivity contribution in [2.75, 3.05) is 6.54 Å². The third-order valence-corrected chi connectivity index (χ3v) is 7.24. The number of fused-ring (bicyclic) bond motifs is 1. The van der Waals surface area contributed by atoms with Gasteiger partial charge in [-0.1, -0.05) is 42.5 Å². The lowest BCUT2D eigenvalue weighted by Crippen LogP contribution is -2.61. The Bertz CT molecular complexity index is 1060. The fourth-order valence-corrected chi connectivity index (χ4v) is 5.18. The van der Waals surface area contributed by atoms with Crippen LogP contribution in [0.4, 0.5) is 0 Å². The molecule has 3 amide bonds. The molecule has 160 valence electrons. The van der Waals surface area contributed by atoms with Crippen LogP contribution < -0.4 is 5.32 Å². The van der Waals surface area contributed by atoms with Crippen molar-refractivity contribution in [3.8, 4) is 0 Å². The lowest BCUT2D eigenvalue weighted by Gasteiger charge is -2.56. The number of carbonyl (C=O) groups is 3. The van der Waals surface area contributed by atoms with Gasteiger partial charge in [0.2, 0.25) is 11.8 Å². The Kier molecular flexibility index (Phi) is 4.70. The maximum Gasteiger partial charge on any atom is 0.255 e. The number of carbonyl (C=O) groups excluding carboxylic acids is 3. The number of piperidine rings is 1. The molecule has 3 aliphatic heterocycles. The predicted molar refractivity (Wildman–Crippen MR) is 116 cm³/mol. The van der Waals surface area contributed by atoms with Crippen LogP contribution in [0.15, 0.2) is 48.5 Å². The van der Waals surface area contributed by atoms with Crippen molar-refractivity contribution in [2.24, 2.45) is 0 Å². The molecule has 6 nitrogen and oxygen atoms in total. The van der Waals surface area contributed by atoms with Crippen molar-refractivity contribution in [3.63, 3.8) is 0 Å². The first-order chi connectivity index (χ1) is 14.8. The fraction of sp³-hybridized carbons (Fsp3) is 0.400. The van der Waals surface area contributed by atoms with Gasteiger partial charge in [-0.05, 0) is 43.0 Å². The highest BCUT2D eigenvalue weighted by atomic mass is 16.2. The zero-order valence-corrected chi connectivity index (χ0v) is 17.9. The minimum Gasteiger partial charge on any atom is -0.322 e. The summed E-state index contributed by atoms with van der Waals surface area (Å²) in [4.78, 5) is 40.7. The van der Waals surface area contributed by atoms with Crippen molar-refractivity contribution in [2.45, 2.75) is 57.3 Å². The maximum absolute atomic E-state index is 12.9. The first-order valence-electron chi connectivity index (χ1n) is 10.9. The van der Waals surface area contributed by atoms with Crippen LogP contribution in [0.1, 0.15) is 59.7 Å². The van der Waals surface area contributed by atoms with Crippen molar-refractivity contribution in [3.05, 3.63) is 70.8 Å². The molecular formula is C25H27N3O3. The van der Waals surface area contributed by atoms with Gasteiger partial charge < -0.3 is 4.90 Å². The van der Waals surface area contributed by atoms with Gasteiger partial charge in [0.15, 0.2) is 0 Å². The SMILES string of the molecule is CC1(C)C(c2ccc3c(c2)CN(C2CCC(=O)NC2=O)C3=O)CN1Cc1ccccc1. The second-order valence-electron chi connectivity index (χ2n) is 9.39. The van der Waals surface area contributed by atoms with E-state index in [-0.39, 0.29) is 29.7 Å². The largest absolute Gasteiger partial charge is 0.322 e. The average molecular weight is 418 g/mol. The van der Waals surface area contributed by atoms with Gasteiger partial charge in [0.1, 0.15) is 6.04 Å². The van der Waals surface area contributed by atoms with E-state index in [1.807, 2.05) is 12.1 Å². The summed E-state index contributed by atoms with van der Waals surface area (Å²) in [6.45, 7) is 6.88. The third-order valence-electron chi connectivity index (χ3n) is 7.24. The first kappa shape index (κ1) is 19.9. The monoisotopic (exact) mass is 417 g/mol. The Morgan fingerprint density at radius 1 is 1.06 bits per heavy atom. The van der Waals surface area contributed by atoms with Crippen LogP contribution in [0.25, 0.3) is 0 Å². The zero-order valence-electron chi connectivity index (χ0n) is 17.9. The van der Waals surface area contributed by atoms with E-state index in [2.05, 4.69) is 60.5 Å². The van der Waals surface area contributed by atoms with Gasteiger partial charge in [-0.3, -0.25) is 24.6 Å². The second kappa shape index (κ2) is 7.31. The Balaban J connectivity index is 1.32. The molecule has 2 aromatic rings. The normalized spacial score (nSPS) is 25.2. The van der Waals surface area contributed by atoms with E-state index >= 15 is 0 Å². The number of benzene rings is 2. The van der Waals surface area contributed by atoms with Crippen molar-refractivity contribution in [1.29, 1.82) is 0 Å². The summed E-state index contributed by atoms with van der Waals surface area (Å²) in [5, 5.41) is 2.36. The van der Waals surface area contributed by atoms with E-state index < -0.39 is 6.04 Å². The van der Waals surface area contributed by atoms with Crippen LogP contribution in [0.5, 0.6) is 0 Å². The van der Waals surface area contributed by atoms with Crippen LogP contribution in [-0.4, -0.2) is 45.6 Å². The fourth-order valence-electron chi connectivity index (χ4n) is 5.18. The second-order valence-corrected chi connectivity index (χ2v) is 9.39. The van der Waals surface area contributed by atoms with Gasteiger partial charge >= 0.3 is 0 Å². The highest BCUT2D eigenvalue weighted by Crippen LogP contribution is 2.45. The number of hydrogen-bond acceptors (Lipinski definition) is 4. The quantitative estimate of drug-likeness (QED) is 0.777. The van der Waals surface area contributed by atoms with Crippen molar-refractivity contribution in [1.82, 2.24) is 15.1 Å². The van der Waals surface area contributed by atoms with Gasteiger partial charge in [0.25, 0.3) is 5.91 Å².